The van der Waals surface area contributed by atoms with Crippen molar-refractivity contribution in [2.75, 3.05) is 25.7 Å². The smallest absolute Gasteiger partial charge is 0.259 e. The van der Waals surface area contributed by atoms with Gasteiger partial charge in [0, 0.05) is 54.6 Å². The van der Waals surface area contributed by atoms with Crippen LogP contribution in [0.2, 0.25) is 0 Å². The minimum atomic E-state index is -0.0940. The first-order valence-corrected chi connectivity index (χ1v) is 13.3. The Kier molecular flexibility index (Phi) is 6.45. The van der Waals surface area contributed by atoms with E-state index in [1.54, 1.807) is 31.6 Å². The average Bonchev–Trinajstić information content (AvgIpc) is 3.61. The fraction of sp³-hybridized carbons (Fsp3) is 0.300. The fourth-order valence-corrected chi connectivity index (χ4v) is 5.54. The zero-order valence-corrected chi connectivity index (χ0v) is 23.3. The van der Waals surface area contributed by atoms with E-state index in [0.29, 0.717) is 53.7 Å². The van der Waals surface area contributed by atoms with Crippen LogP contribution in [0.15, 0.2) is 49.1 Å². The minimum Gasteiger partial charge on any atom is -0.493 e. The summed E-state index contributed by atoms with van der Waals surface area (Å²) in [7, 11) is 3.18. The highest BCUT2D eigenvalue weighted by Gasteiger charge is 2.31. The van der Waals surface area contributed by atoms with Gasteiger partial charge in [-0.1, -0.05) is 0 Å². The van der Waals surface area contributed by atoms with Crippen LogP contribution in [-0.2, 0) is 19.5 Å². The second kappa shape index (κ2) is 10.1. The van der Waals surface area contributed by atoms with E-state index in [2.05, 4.69) is 34.1 Å². The summed E-state index contributed by atoms with van der Waals surface area (Å²) in [5.74, 6) is 2.18. The Balaban J connectivity index is 1.51. The second-order valence-electron chi connectivity index (χ2n) is 9.92. The molecular weight excluding hydrogens is 506 g/mol. The molecule has 0 aliphatic carbocycles. The van der Waals surface area contributed by atoms with Crippen LogP contribution in [0.4, 0.5) is 5.82 Å². The lowest BCUT2D eigenvalue weighted by atomic mass is 9.89. The molecule has 1 aliphatic heterocycles. The van der Waals surface area contributed by atoms with Gasteiger partial charge in [0.2, 0.25) is 0 Å². The lowest BCUT2D eigenvalue weighted by molar-refractivity contribution is 0.0980. The van der Waals surface area contributed by atoms with Gasteiger partial charge < -0.3 is 14.0 Å². The molecular formula is C30H31N7O3. The Hall–Kier alpha value is -4.73. The van der Waals surface area contributed by atoms with Gasteiger partial charge in [0.05, 0.1) is 37.5 Å². The number of anilines is 1. The third-order valence-corrected chi connectivity index (χ3v) is 7.32. The van der Waals surface area contributed by atoms with Crippen LogP contribution in [0.1, 0.15) is 39.9 Å². The first-order chi connectivity index (χ1) is 19.4. The Morgan fingerprint density at radius 3 is 2.48 bits per heavy atom. The van der Waals surface area contributed by atoms with E-state index in [1.165, 1.54) is 0 Å². The summed E-state index contributed by atoms with van der Waals surface area (Å²) < 4.78 is 15.0. The maximum absolute atomic E-state index is 14.3. The van der Waals surface area contributed by atoms with Crippen LogP contribution in [0, 0.1) is 13.8 Å². The fourth-order valence-electron chi connectivity index (χ4n) is 5.54. The molecule has 0 saturated heterocycles. The number of amides is 1. The van der Waals surface area contributed by atoms with Gasteiger partial charge in [0.1, 0.15) is 11.6 Å². The van der Waals surface area contributed by atoms with E-state index >= 15 is 0 Å². The number of aryl methyl sites for hydroxylation is 3. The molecule has 5 aromatic rings. The number of carbonyl (C=O) groups excluding carboxylic acids is 1. The summed E-state index contributed by atoms with van der Waals surface area (Å²) in [6, 6.07) is 9.95. The van der Waals surface area contributed by atoms with Crippen molar-refractivity contribution in [3.63, 3.8) is 0 Å². The molecule has 1 aliphatic rings. The predicted molar refractivity (Wildman–Crippen MR) is 152 cm³/mol. The Morgan fingerprint density at radius 1 is 0.975 bits per heavy atom. The standard InChI is InChI=1S/C30H31N7O3/c1-6-37-26(11-18(2)34-37)22-12-20(16-35-10-8-31-17-35)13-23-21(22)7-9-36(30(23)38)29-24-14-27(39-4)28(40-5)15-25(24)32-19(3)33-29/h8,10-15,17H,6-7,9,16H2,1-5H3. The topological polar surface area (TPSA) is 100 Å². The summed E-state index contributed by atoms with van der Waals surface area (Å²) in [6.45, 7) is 7.73. The van der Waals surface area contributed by atoms with Gasteiger partial charge >= 0.3 is 0 Å². The molecule has 3 aromatic heterocycles. The van der Waals surface area contributed by atoms with Crippen LogP contribution in [-0.4, -0.2) is 56.0 Å². The number of imidazole rings is 1. The summed E-state index contributed by atoms with van der Waals surface area (Å²) in [6.07, 6.45) is 6.14. The number of hydrogen-bond acceptors (Lipinski definition) is 7. The molecule has 0 unspecified atom stereocenters. The predicted octanol–water partition coefficient (Wildman–Crippen LogP) is 4.59. The summed E-state index contributed by atoms with van der Waals surface area (Å²) in [5.41, 5.74) is 6.41. The SMILES string of the molecule is CCn1nc(C)cc1-c1cc(Cn2ccnc2)cc2c1CCN(c1nc(C)nc3cc(OC)c(OC)cc13)C2=O. The van der Waals surface area contributed by atoms with Gasteiger partial charge in [-0.3, -0.25) is 14.4 Å². The molecule has 0 spiro atoms. The van der Waals surface area contributed by atoms with Crippen molar-refractivity contribution in [1.82, 2.24) is 29.3 Å². The van der Waals surface area contributed by atoms with Gasteiger partial charge in [0.25, 0.3) is 5.91 Å². The minimum absolute atomic E-state index is 0.0940. The third kappa shape index (κ3) is 4.35. The number of rotatable bonds is 7. The first kappa shape index (κ1) is 25.5. The number of ether oxygens (including phenoxy) is 2. The molecule has 0 N–H and O–H groups in total. The van der Waals surface area contributed by atoms with Crippen molar-refractivity contribution >= 4 is 22.6 Å². The molecule has 4 heterocycles. The maximum atomic E-state index is 14.3. The van der Waals surface area contributed by atoms with Gasteiger partial charge in [-0.15, -0.1) is 0 Å². The van der Waals surface area contributed by atoms with Gasteiger partial charge in [-0.25, -0.2) is 15.0 Å². The van der Waals surface area contributed by atoms with Crippen molar-refractivity contribution in [2.45, 2.75) is 40.3 Å². The first-order valence-electron chi connectivity index (χ1n) is 13.3. The molecule has 10 nitrogen and oxygen atoms in total. The Labute approximate surface area is 232 Å². The number of nitrogens with zero attached hydrogens (tertiary/aromatic N) is 7. The van der Waals surface area contributed by atoms with Gasteiger partial charge in [-0.2, -0.15) is 5.10 Å². The summed E-state index contributed by atoms with van der Waals surface area (Å²) in [5, 5.41) is 5.41. The van der Waals surface area contributed by atoms with Crippen molar-refractivity contribution in [2.24, 2.45) is 0 Å². The highest BCUT2D eigenvalue weighted by molar-refractivity contribution is 6.12. The number of methoxy groups -OCH3 is 2. The van der Waals surface area contributed by atoms with E-state index in [9.17, 15) is 4.79 Å². The molecule has 0 radical (unpaired) electrons. The molecule has 0 bridgehead atoms. The molecule has 204 valence electrons. The van der Waals surface area contributed by atoms with E-state index in [1.807, 2.05) is 47.5 Å². The largest absolute Gasteiger partial charge is 0.493 e. The Bertz CT molecular complexity index is 1740. The zero-order chi connectivity index (χ0) is 28.0. The van der Waals surface area contributed by atoms with Crippen LogP contribution in [0.25, 0.3) is 22.2 Å². The third-order valence-electron chi connectivity index (χ3n) is 7.32. The number of carbonyl (C=O) groups is 1. The quantitative estimate of drug-likeness (QED) is 0.299. The molecule has 0 atom stereocenters. The zero-order valence-electron chi connectivity index (χ0n) is 23.3. The molecule has 40 heavy (non-hydrogen) atoms. The highest BCUT2D eigenvalue weighted by atomic mass is 16.5. The highest BCUT2D eigenvalue weighted by Crippen LogP contribution is 2.38. The van der Waals surface area contributed by atoms with Crippen molar-refractivity contribution < 1.29 is 14.3 Å². The number of benzene rings is 2. The van der Waals surface area contributed by atoms with Crippen LogP contribution in [0.3, 0.4) is 0 Å². The van der Waals surface area contributed by atoms with Crippen molar-refractivity contribution in [3.8, 4) is 22.8 Å². The average molecular weight is 538 g/mol. The molecule has 2 aromatic carbocycles. The number of hydrogen-bond donors (Lipinski definition) is 0. The van der Waals surface area contributed by atoms with E-state index in [0.717, 1.165) is 40.0 Å². The van der Waals surface area contributed by atoms with Crippen LogP contribution >= 0.6 is 0 Å². The molecule has 0 saturated carbocycles. The van der Waals surface area contributed by atoms with E-state index in [-0.39, 0.29) is 5.91 Å². The Morgan fingerprint density at radius 2 is 1.75 bits per heavy atom. The van der Waals surface area contributed by atoms with Crippen LogP contribution in [0.5, 0.6) is 11.5 Å². The monoisotopic (exact) mass is 537 g/mol. The van der Waals surface area contributed by atoms with Crippen molar-refractivity contribution in [3.05, 3.63) is 77.3 Å². The van der Waals surface area contributed by atoms with E-state index in [4.69, 9.17) is 14.5 Å². The molecule has 0 fully saturated rings. The molecule has 10 heteroatoms. The van der Waals surface area contributed by atoms with Gasteiger partial charge in [0.15, 0.2) is 11.5 Å². The normalized spacial score (nSPS) is 13.1. The number of aromatic nitrogens is 6. The maximum Gasteiger partial charge on any atom is 0.259 e. The van der Waals surface area contributed by atoms with Gasteiger partial charge in [-0.05, 0) is 62.6 Å². The van der Waals surface area contributed by atoms with Crippen LogP contribution < -0.4 is 14.4 Å². The van der Waals surface area contributed by atoms with Crippen molar-refractivity contribution in [1.29, 1.82) is 0 Å². The van der Waals surface area contributed by atoms with E-state index < -0.39 is 0 Å². The summed E-state index contributed by atoms with van der Waals surface area (Å²) >= 11 is 0. The summed E-state index contributed by atoms with van der Waals surface area (Å²) in [4.78, 5) is 29.6. The number of fused-ring (bicyclic) bond motifs is 2. The molecule has 6 rings (SSSR count). The lowest BCUT2D eigenvalue weighted by Gasteiger charge is -2.31. The lowest BCUT2D eigenvalue weighted by Crippen LogP contribution is -2.39. The second-order valence-corrected chi connectivity index (χ2v) is 9.92. The molecule has 1 amide bonds.